The molecule has 0 saturated heterocycles. The molecule has 2 unspecified atom stereocenters. The first-order valence-electron chi connectivity index (χ1n) is 17.8. The van der Waals surface area contributed by atoms with Gasteiger partial charge in [0.05, 0.1) is 6.61 Å². The maximum Gasteiger partial charge on any atom is 0.305 e. The second kappa shape index (κ2) is 29.4. The van der Waals surface area contributed by atoms with Crippen molar-refractivity contribution in [1.82, 2.24) is 0 Å². The molecule has 0 rings (SSSR count). The van der Waals surface area contributed by atoms with Crippen LogP contribution in [0.15, 0.2) is 0 Å². The van der Waals surface area contributed by atoms with Gasteiger partial charge in [-0.05, 0) is 37.0 Å². The Morgan fingerprint density at radius 2 is 1.02 bits per heavy atom. The summed E-state index contributed by atoms with van der Waals surface area (Å²) in [4.78, 5) is 22.8. The number of hydrogen-bond donors (Lipinski definition) is 1. The van der Waals surface area contributed by atoms with Crippen molar-refractivity contribution in [3.05, 3.63) is 0 Å². The molecule has 0 fully saturated rings. The third-order valence-corrected chi connectivity index (χ3v) is 8.90. The molecule has 2 atom stereocenters. The van der Waals surface area contributed by atoms with Crippen LogP contribution in [0.2, 0.25) is 0 Å². The zero-order valence-corrected chi connectivity index (χ0v) is 27.5. The fraction of sp³-hybridized carbons (Fsp3) is 0.944. The Morgan fingerprint density at radius 3 is 1.43 bits per heavy atom. The summed E-state index contributed by atoms with van der Waals surface area (Å²) in [5.74, 6) is 1.07. The Bertz CT molecular complexity index is 559. The average Bonchev–Trinajstić information content (AvgIpc) is 2.93. The summed E-state index contributed by atoms with van der Waals surface area (Å²) in [6, 6.07) is 0. The average molecular weight is 567 g/mol. The molecule has 4 nitrogen and oxygen atoms in total. The lowest BCUT2D eigenvalue weighted by Gasteiger charge is -2.19. The molecular weight excluding hydrogens is 496 g/mol. The van der Waals surface area contributed by atoms with Gasteiger partial charge in [0, 0.05) is 12.8 Å². The second-order valence-corrected chi connectivity index (χ2v) is 12.9. The van der Waals surface area contributed by atoms with Crippen LogP contribution in [-0.4, -0.2) is 23.7 Å². The topological polar surface area (TPSA) is 63.6 Å². The minimum atomic E-state index is -0.654. The third kappa shape index (κ3) is 27.1. The highest BCUT2D eigenvalue weighted by molar-refractivity contribution is 5.69. The summed E-state index contributed by atoms with van der Waals surface area (Å²) < 4.78 is 5.50. The van der Waals surface area contributed by atoms with E-state index in [0.717, 1.165) is 25.7 Å². The Hall–Kier alpha value is -1.06. The van der Waals surface area contributed by atoms with Gasteiger partial charge in [0.1, 0.15) is 0 Å². The molecule has 40 heavy (non-hydrogen) atoms. The van der Waals surface area contributed by atoms with Gasteiger partial charge in [-0.3, -0.25) is 9.59 Å². The SMILES string of the molecule is CCCCC(CC)COC(=O)CCCCCCCCCCCCCCCCCCCCC(CCC(=O)O)C(C)C. The second-order valence-electron chi connectivity index (χ2n) is 12.9. The number of ether oxygens (including phenoxy) is 1. The molecule has 0 aromatic carbocycles. The Morgan fingerprint density at radius 1 is 0.575 bits per heavy atom. The Labute approximate surface area is 250 Å². The first-order chi connectivity index (χ1) is 19.4. The van der Waals surface area contributed by atoms with Crippen LogP contribution in [0.1, 0.15) is 195 Å². The number of carboxylic acid groups (broad SMARTS) is 1. The number of carbonyl (C=O) groups excluding carboxylic acids is 1. The molecule has 0 aromatic rings. The summed E-state index contributed by atoms with van der Waals surface area (Å²) >= 11 is 0. The summed E-state index contributed by atoms with van der Waals surface area (Å²) in [5, 5.41) is 8.92. The highest BCUT2D eigenvalue weighted by atomic mass is 16.5. The van der Waals surface area contributed by atoms with Crippen molar-refractivity contribution >= 4 is 11.9 Å². The van der Waals surface area contributed by atoms with E-state index >= 15 is 0 Å². The summed E-state index contributed by atoms with van der Waals surface area (Å²) in [6.45, 7) is 9.49. The van der Waals surface area contributed by atoms with Gasteiger partial charge >= 0.3 is 11.9 Å². The molecule has 0 bridgehead atoms. The minimum Gasteiger partial charge on any atom is -0.481 e. The number of carboxylic acids is 1. The predicted octanol–water partition coefficient (Wildman–Crippen LogP) is 11.7. The standard InChI is InChI=1S/C36H70O4/c1-5-7-26-33(6-2)31-40-36(39)28-25-23-21-19-17-15-13-11-9-8-10-12-14-16-18-20-22-24-27-34(32(3)4)29-30-35(37)38/h32-34H,5-31H2,1-4H3,(H,37,38). The lowest BCUT2D eigenvalue weighted by atomic mass is 9.86. The van der Waals surface area contributed by atoms with Gasteiger partial charge in [0.25, 0.3) is 0 Å². The van der Waals surface area contributed by atoms with E-state index in [-0.39, 0.29) is 5.97 Å². The van der Waals surface area contributed by atoms with Crippen LogP contribution >= 0.6 is 0 Å². The van der Waals surface area contributed by atoms with E-state index in [1.165, 1.54) is 128 Å². The van der Waals surface area contributed by atoms with E-state index in [1.54, 1.807) is 0 Å². The lowest BCUT2D eigenvalue weighted by Crippen LogP contribution is -2.13. The molecule has 4 heteroatoms. The first kappa shape index (κ1) is 38.9. The lowest BCUT2D eigenvalue weighted by molar-refractivity contribution is -0.145. The zero-order chi connectivity index (χ0) is 29.7. The minimum absolute atomic E-state index is 0.00745. The number of rotatable bonds is 31. The van der Waals surface area contributed by atoms with Crippen LogP contribution in [0, 0.1) is 17.8 Å². The Balaban J connectivity index is 3.34. The van der Waals surface area contributed by atoms with Crippen molar-refractivity contribution in [2.45, 2.75) is 195 Å². The van der Waals surface area contributed by atoms with Crippen LogP contribution in [0.4, 0.5) is 0 Å². The van der Waals surface area contributed by atoms with E-state index < -0.39 is 5.97 Å². The molecule has 0 aliphatic heterocycles. The number of aliphatic carboxylic acids is 1. The molecule has 1 N–H and O–H groups in total. The van der Waals surface area contributed by atoms with Gasteiger partial charge in [0.15, 0.2) is 0 Å². The van der Waals surface area contributed by atoms with Crippen molar-refractivity contribution in [2.24, 2.45) is 17.8 Å². The molecule has 0 saturated carbocycles. The molecule has 0 aliphatic carbocycles. The van der Waals surface area contributed by atoms with Crippen LogP contribution in [-0.2, 0) is 14.3 Å². The van der Waals surface area contributed by atoms with Crippen LogP contribution in [0.3, 0.4) is 0 Å². The van der Waals surface area contributed by atoms with Gasteiger partial charge < -0.3 is 9.84 Å². The van der Waals surface area contributed by atoms with Gasteiger partial charge in [0.2, 0.25) is 0 Å². The maximum atomic E-state index is 12.0. The van der Waals surface area contributed by atoms with E-state index in [2.05, 4.69) is 27.7 Å². The predicted molar refractivity (Wildman–Crippen MR) is 172 cm³/mol. The summed E-state index contributed by atoms with van der Waals surface area (Å²) in [5.41, 5.74) is 0. The van der Waals surface area contributed by atoms with Crippen LogP contribution in [0.25, 0.3) is 0 Å². The van der Waals surface area contributed by atoms with Gasteiger partial charge in [-0.2, -0.15) is 0 Å². The smallest absolute Gasteiger partial charge is 0.305 e. The largest absolute Gasteiger partial charge is 0.481 e. The monoisotopic (exact) mass is 567 g/mol. The molecule has 238 valence electrons. The van der Waals surface area contributed by atoms with E-state index in [1.807, 2.05) is 0 Å². The zero-order valence-electron chi connectivity index (χ0n) is 27.5. The molecule has 0 aromatic heterocycles. The fourth-order valence-corrected chi connectivity index (χ4v) is 5.81. The molecular formula is C36H70O4. The number of hydrogen-bond acceptors (Lipinski definition) is 3. The number of unbranched alkanes of at least 4 members (excludes halogenated alkanes) is 18. The highest BCUT2D eigenvalue weighted by Crippen LogP contribution is 2.24. The van der Waals surface area contributed by atoms with Crippen molar-refractivity contribution in [2.75, 3.05) is 6.61 Å². The number of carbonyl (C=O) groups is 2. The quantitative estimate of drug-likeness (QED) is 0.0669. The molecule has 0 aliphatic rings. The summed E-state index contributed by atoms with van der Waals surface area (Å²) in [7, 11) is 0. The molecule has 0 heterocycles. The maximum absolute atomic E-state index is 12.0. The molecule has 0 spiro atoms. The van der Waals surface area contributed by atoms with E-state index in [9.17, 15) is 9.59 Å². The molecule has 0 radical (unpaired) electrons. The number of esters is 1. The molecule has 0 amide bonds. The van der Waals surface area contributed by atoms with Crippen molar-refractivity contribution < 1.29 is 19.4 Å². The normalized spacial score (nSPS) is 13.0. The van der Waals surface area contributed by atoms with Crippen LogP contribution < -0.4 is 0 Å². The van der Waals surface area contributed by atoms with Crippen molar-refractivity contribution in [3.8, 4) is 0 Å². The summed E-state index contributed by atoms with van der Waals surface area (Å²) in [6.07, 6.45) is 31.6. The highest BCUT2D eigenvalue weighted by Gasteiger charge is 2.14. The van der Waals surface area contributed by atoms with E-state index in [0.29, 0.717) is 37.2 Å². The van der Waals surface area contributed by atoms with Crippen molar-refractivity contribution in [1.29, 1.82) is 0 Å². The van der Waals surface area contributed by atoms with Gasteiger partial charge in [-0.1, -0.05) is 163 Å². The van der Waals surface area contributed by atoms with Crippen molar-refractivity contribution in [3.63, 3.8) is 0 Å². The first-order valence-corrected chi connectivity index (χ1v) is 17.8. The van der Waals surface area contributed by atoms with Gasteiger partial charge in [-0.25, -0.2) is 0 Å². The van der Waals surface area contributed by atoms with Crippen LogP contribution in [0.5, 0.6) is 0 Å². The van der Waals surface area contributed by atoms with Gasteiger partial charge in [-0.15, -0.1) is 0 Å². The third-order valence-electron chi connectivity index (χ3n) is 8.90. The Kier molecular flexibility index (Phi) is 28.7. The van der Waals surface area contributed by atoms with E-state index in [4.69, 9.17) is 9.84 Å². The fourth-order valence-electron chi connectivity index (χ4n) is 5.81.